The van der Waals surface area contributed by atoms with Gasteiger partial charge in [-0.1, -0.05) is 18.1 Å². The highest BCUT2D eigenvalue weighted by molar-refractivity contribution is 5.99. The number of amides is 1. The Bertz CT molecular complexity index is 1340. The van der Waals surface area contributed by atoms with E-state index in [2.05, 4.69) is 46.0 Å². The van der Waals surface area contributed by atoms with E-state index in [4.69, 9.17) is 0 Å². The molecule has 4 aromatic rings. The molecule has 1 saturated heterocycles. The van der Waals surface area contributed by atoms with Gasteiger partial charge in [-0.3, -0.25) is 14.9 Å². The van der Waals surface area contributed by atoms with Gasteiger partial charge in [-0.15, -0.1) is 0 Å². The van der Waals surface area contributed by atoms with E-state index >= 15 is 0 Å². The van der Waals surface area contributed by atoms with Crippen molar-refractivity contribution in [2.24, 2.45) is 0 Å². The quantitative estimate of drug-likeness (QED) is 0.516. The average Bonchev–Trinajstić information content (AvgIpc) is 3.44. The molecule has 0 saturated carbocycles. The number of pyridine rings is 1. The number of hydrogen-bond acceptors (Lipinski definition) is 4. The van der Waals surface area contributed by atoms with Crippen molar-refractivity contribution in [3.05, 3.63) is 71.7 Å². The van der Waals surface area contributed by atoms with Gasteiger partial charge < -0.3 is 9.80 Å². The van der Waals surface area contributed by atoms with E-state index in [1.54, 1.807) is 6.20 Å². The summed E-state index contributed by atoms with van der Waals surface area (Å²) in [6.07, 6.45) is 4.61. The largest absolute Gasteiger partial charge is 0.337 e. The summed E-state index contributed by atoms with van der Waals surface area (Å²) in [4.78, 5) is 21.3. The van der Waals surface area contributed by atoms with Gasteiger partial charge in [0.2, 0.25) is 0 Å². The van der Waals surface area contributed by atoms with Gasteiger partial charge in [0.1, 0.15) is 5.69 Å². The van der Waals surface area contributed by atoms with Crippen LogP contribution in [0.2, 0.25) is 0 Å². The third kappa shape index (κ3) is 3.65. The van der Waals surface area contributed by atoms with Crippen LogP contribution in [0.5, 0.6) is 0 Å². The molecule has 1 aliphatic heterocycles. The monoisotopic (exact) mass is 409 g/mol. The third-order valence-corrected chi connectivity index (χ3v) is 5.99. The first-order chi connectivity index (χ1) is 15.1. The van der Waals surface area contributed by atoms with Crippen LogP contribution in [-0.2, 0) is 0 Å². The molecular weight excluding hydrogens is 386 g/mol. The molecule has 6 heteroatoms. The number of nitrogens with zero attached hydrogens (tertiary/aromatic N) is 4. The molecule has 1 aliphatic rings. The minimum Gasteiger partial charge on any atom is -0.337 e. The Morgan fingerprint density at radius 2 is 2.06 bits per heavy atom. The average molecular weight is 409 g/mol. The smallest absolute Gasteiger partial charge is 0.253 e. The zero-order valence-electron chi connectivity index (χ0n) is 17.6. The Balaban J connectivity index is 1.47. The predicted octanol–water partition coefficient (Wildman–Crippen LogP) is 3.29. The fraction of sp³-hybridized carbons (Fsp3) is 0.240. The summed E-state index contributed by atoms with van der Waals surface area (Å²) >= 11 is 0. The summed E-state index contributed by atoms with van der Waals surface area (Å²) in [5, 5.41) is 10.4. The van der Waals surface area contributed by atoms with Crippen LogP contribution in [0, 0.1) is 11.8 Å². The highest BCUT2D eigenvalue weighted by Gasteiger charge is 2.28. The molecule has 31 heavy (non-hydrogen) atoms. The van der Waals surface area contributed by atoms with E-state index in [9.17, 15) is 4.79 Å². The molecule has 0 radical (unpaired) electrons. The van der Waals surface area contributed by atoms with Gasteiger partial charge in [0.05, 0.1) is 5.52 Å². The fourth-order valence-electron chi connectivity index (χ4n) is 4.13. The summed E-state index contributed by atoms with van der Waals surface area (Å²) in [6, 6.07) is 14.0. The molecule has 0 bridgehead atoms. The zero-order valence-corrected chi connectivity index (χ0v) is 17.6. The molecule has 1 atom stereocenters. The fourth-order valence-corrected chi connectivity index (χ4v) is 4.13. The summed E-state index contributed by atoms with van der Waals surface area (Å²) in [5.41, 5.74) is 3.11. The number of rotatable bonds is 2. The van der Waals surface area contributed by atoms with Crippen LogP contribution < -0.4 is 0 Å². The second-order valence-corrected chi connectivity index (χ2v) is 8.14. The van der Waals surface area contributed by atoms with Gasteiger partial charge in [0, 0.05) is 58.8 Å². The lowest BCUT2D eigenvalue weighted by Gasteiger charge is -2.20. The Morgan fingerprint density at radius 3 is 2.90 bits per heavy atom. The minimum atomic E-state index is 0.0629. The van der Waals surface area contributed by atoms with Crippen LogP contribution in [-0.4, -0.2) is 64.1 Å². The number of carbonyl (C=O) groups is 1. The minimum absolute atomic E-state index is 0.0629. The van der Waals surface area contributed by atoms with Crippen LogP contribution >= 0.6 is 0 Å². The van der Waals surface area contributed by atoms with Crippen molar-refractivity contribution in [2.45, 2.75) is 12.5 Å². The Morgan fingerprint density at radius 1 is 1.16 bits per heavy atom. The lowest BCUT2D eigenvalue weighted by molar-refractivity contribution is 0.0783. The highest BCUT2D eigenvalue weighted by Crippen LogP contribution is 2.22. The molecule has 0 spiro atoms. The molecule has 5 rings (SSSR count). The number of likely N-dealkylation sites (tertiary alicyclic amines) is 1. The van der Waals surface area contributed by atoms with Crippen molar-refractivity contribution in [2.75, 3.05) is 27.2 Å². The third-order valence-electron chi connectivity index (χ3n) is 5.99. The first-order valence-electron chi connectivity index (χ1n) is 10.4. The van der Waals surface area contributed by atoms with Gasteiger partial charge in [-0.05, 0) is 56.8 Å². The van der Waals surface area contributed by atoms with Crippen molar-refractivity contribution in [3.63, 3.8) is 0 Å². The first-order valence-corrected chi connectivity index (χ1v) is 10.4. The first kappa shape index (κ1) is 19.3. The van der Waals surface area contributed by atoms with E-state index in [0.717, 1.165) is 46.7 Å². The van der Waals surface area contributed by atoms with Gasteiger partial charge >= 0.3 is 0 Å². The molecule has 2 aromatic carbocycles. The number of carbonyl (C=O) groups excluding carboxylic acids is 1. The Labute approximate surface area is 180 Å². The van der Waals surface area contributed by atoms with E-state index in [-0.39, 0.29) is 5.91 Å². The summed E-state index contributed by atoms with van der Waals surface area (Å²) in [7, 11) is 4.13. The second-order valence-electron chi connectivity index (χ2n) is 8.14. The molecule has 1 amide bonds. The van der Waals surface area contributed by atoms with E-state index in [1.807, 2.05) is 53.6 Å². The number of benzene rings is 2. The molecule has 154 valence electrons. The molecule has 3 heterocycles. The van der Waals surface area contributed by atoms with E-state index in [0.29, 0.717) is 17.3 Å². The van der Waals surface area contributed by atoms with Crippen molar-refractivity contribution < 1.29 is 4.79 Å². The number of hydrogen-bond donors (Lipinski definition) is 1. The van der Waals surface area contributed by atoms with Crippen LogP contribution in [0.25, 0.3) is 21.7 Å². The van der Waals surface area contributed by atoms with Crippen LogP contribution in [0.3, 0.4) is 0 Å². The zero-order chi connectivity index (χ0) is 21.4. The number of aromatic nitrogens is 3. The van der Waals surface area contributed by atoms with Crippen molar-refractivity contribution in [3.8, 4) is 11.8 Å². The second kappa shape index (κ2) is 7.86. The number of likely N-dealkylation sites (N-methyl/N-ethyl adjacent to an activating group) is 1. The molecule has 0 unspecified atom stereocenters. The van der Waals surface area contributed by atoms with Crippen LogP contribution in [0.1, 0.15) is 28.0 Å². The maximum absolute atomic E-state index is 13.1. The number of aromatic amines is 1. The number of H-pyrrole nitrogens is 1. The van der Waals surface area contributed by atoms with E-state index in [1.165, 1.54) is 0 Å². The van der Waals surface area contributed by atoms with Crippen LogP contribution in [0.4, 0.5) is 0 Å². The standard InChI is InChI=1S/C25H23N5O/c1-29(2)20-11-13-30(16-20)25(31)18-7-9-24-22(14-18)23(27-28-24)8-6-17-4-3-5-19-15-26-12-10-21(17)19/h3-5,7,9-10,12,14-15,20H,11,13,16H2,1-2H3,(H,27,28)/t20-/m1/s1. The molecule has 0 aliphatic carbocycles. The molecule has 1 fully saturated rings. The van der Waals surface area contributed by atoms with Gasteiger partial charge in [0.25, 0.3) is 5.91 Å². The SMILES string of the molecule is CN(C)[C@@H]1CCN(C(=O)c2ccc3[nH]nc(C#Cc4cccc5cnccc45)c3c2)C1. The highest BCUT2D eigenvalue weighted by atomic mass is 16.2. The Hall–Kier alpha value is -3.69. The molecular formula is C25H23N5O. The lowest BCUT2D eigenvalue weighted by Crippen LogP contribution is -2.34. The summed E-state index contributed by atoms with van der Waals surface area (Å²) in [6.45, 7) is 1.55. The molecule has 2 aromatic heterocycles. The lowest BCUT2D eigenvalue weighted by atomic mass is 10.1. The number of fused-ring (bicyclic) bond motifs is 2. The molecule has 1 N–H and O–H groups in total. The predicted molar refractivity (Wildman–Crippen MR) is 122 cm³/mol. The summed E-state index contributed by atoms with van der Waals surface area (Å²) < 4.78 is 0. The number of nitrogens with one attached hydrogen (secondary N) is 1. The summed E-state index contributed by atoms with van der Waals surface area (Å²) in [5.74, 6) is 6.50. The van der Waals surface area contributed by atoms with Crippen molar-refractivity contribution in [1.82, 2.24) is 25.0 Å². The maximum Gasteiger partial charge on any atom is 0.253 e. The normalized spacial score (nSPS) is 16.1. The van der Waals surface area contributed by atoms with E-state index < -0.39 is 0 Å². The van der Waals surface area contributed by atoms with Crippen molar-refractivity contribution >= 4 is 27.6 Å². The van der Waals surface area contributed by atoms with Crippen LogP contribution in [0.15, 0.2) is 54.9 Å². The van der Waals surface area contributed by atoms with Gasteiger partial charge in [0.15, 0.2) is 0 Å². The van der Waals surface area contributed by atoms with Gasteiger partial charge in [-0.25, -0.2) is 0 Å². The topological polar surface area (TPSA) is 65.1 Å². The van der Waals surface area contributed by atoms with Crippen molar-refractivity contribution in [1.29, 1.82) is 0 Å². The van der Waals surface area contributed by atoms with Gasteiger partial charge in [-0.2, -0.15) is 5.10 Å². The maximum atomic E-state index is 13.1. The Kier molecular flexibility index (Phi) is 4.89. The molecule has 6 nitrogen and oxygen atoms in total.